The summed E-state index contributed by atoms with van der Waals surface area (Å²) in [6.45, 7) is 2.63. The number of carbonyl (C=O) groups excluding carboxylic acids is 1. The van der Waals surface area contributed by atoms with Crippen molar-refractivity contribution in [3.63, 3.8) is 0 Å². The van der Waals surface area contributed by atoms with Crippen LogP contribution in [0.2, 0.25) is 0 Å². The molecule has 0 saturated carbocycles. The normalized spacial score (nSPS) is 12.0. The molecule has 0 aromatic heterocycles. The molecular weight excluding hydrogens is 304 g/mol. The Labute approximate surface area is 142 Å². The molecule has 5 heteroatoms. The van der Waals surface area contributed by atoms with Gasteiger partial charge in [-0.2, -0.15) is 0 Å². The molecule has 0 saturated heterocycles. The van der Waals surface area contributed by atoms with Gasteiger partial charge in [0.2, 0.25) is 5.91 Å². The van der Waals surface area contributed by atoms with Crippen molar-refractivity contribution < 1.29 is 14.6 Å². The fraction of sp³-hybridized carbons (Fsp3) is 0.316. The van der Waals surface area contributed by atoms with Crippen LogP contribution in [0.3, 0.4) is 0 Å². The zero-order valence-corrected chi connectivity index (χ0v) is 14.1. The maximum Gasteiger partial charge on any atom is 0.238 e. The van der Waals surface area contributed by atoms with E-state index in [-0.39, 0.29) is 25.1 Å². The third-order valence-corrected chi connectivity index (χ3v) is 3.80. The number of carbonyl (C=O) groups is 1. The zero-order valence-electron chi connectivity index (χ0n) is 14.1. The first-order valence-electron chi connectivity index (χ1n) is 7.96. The number of hydrogen-bond donors (Lipinski definition) is 2. The molecule has 0 aliphatic rings. The highest BCUT2D eigenvalue weighted by Crippen LogP contribution is 2.17. The first-order chi connectivity index (χ1) is 11.6. The number of aliphatic hydroxyl groups is 1. The number of aliphatic hydroxyl groups excluding tert-OH is 1. The quantitative estimate of drug-likeness (QED) is 0.782. The van der Waals surface area contributed by atoms with Gasteiger partial charge in [-0.1, -0.05) is 30.3 Å². The summed E-state index contributed by atoms with van der Waals surface area (Å²) in [5.74, 6) is 0.638. The average Bonchev–Trinajstić information content (AvgIpc) is 2.61. The van der Waals surface area contributed by atoms with Crippen LogP contribution in [-0.2, 0) is 11.4 Å². The van der Waals surface area contributed by atoms with Crippen LogP contribution < -0.4 is 10.1 Å². The topological polar surface area (TPSA) is 61.8 Å². The first-order valence-corrected chi connectivity index (χ1v) is 7.96. The van der Waals surface area contributed by atoms with Crippen molar-refractivity contribution in [2.75, 3.05) is 25.5 Å². The van der Waals surface area contributed by atoms with Crippen molar-refractivity contribution in [2.24, 2.45) is 0 Å². The highest BCUT2D eigenvalue weighted by molar-refractivity contribution is 5.92. The van der Waals surface area contributed by atoms with E-state index < -0.39 is 0 Å². The predicted molar refractivity (Wildman–Crippen MR) is 95.0 cm³/mol. The van der Waals surface area contributed by atoms with Crippen LogP contribution in [0.5, 0.6) is 5.75 Å². The summed E-state index contributed by atoms with van der Waals surface area (Å²) in [4.78, 5) is 13.8. The summed E-state index contributed by atoms with van der Waals surface area (Å²) < 4.78 is 5.71. The van der Waals surface area contributed by atoms with E-state index in [1.165, 1.54) is 0 Å². The lowest BCUT2D eigenvalue weighted by Gasteiger charge is -2.21. The molecule has 2 rings (SSSR count). The number of ether oxygens (including phenoxy) is 1. The molecule has 1 amide bonds. The van der Waals surface area contributed by atoms with E-state index in [1.54, 1.807) is 11.9 Å². The lowest BCUT2D eigenvalue weighted by atomic mass is 10.2. The highest BCUT2D eigenvalue weighted by atomic mass is 16.5. The van der Waals surface area contributed by atoms with E-state index in [1.807, 2.05) is 61.5 Å². The van der Waals surface area contributed by atoms with Crippen LogP contribution >= 0.6 is 0 Å². The summed E-state index contributed by atoms with van der Waals surface area (Å²) >= 11 is 0. The largest absolute Gasteiger partial charge is 0.489 e. The fourth-order valence-electron chi connectivity index (χ4n) is 2.10. The Balaban J connectivity index is 1.82. The molecule has 0 radical (unpaired) electrons. The lowest BCUT2D eigenvalue weighted by molar-refractivity contribution is -0.117. The number of amides is 1. The van der Waals surface area contributed by atoms with Crippen molar-refractivity contribution in [2.45, 2.75) is 19.6 Å². The predicted octanol–water partition coefficient (Wildman–Crippen LogP) is 2.52. The highest BCUT2D eigenvalue weighted by Gasteiger charge is 2.12. The zero-order chi connectivity index (χ0) is 17.4. The van der Waals surface area contributed by atoms with Gasteiger partial charge in [-0.05, 0) is 43.8 Å². The van der Waals surface area contributed by atoms with Gasteiger partial charge in [0, 0.05) is 11.7 Å². The number of nitrogens with zero attached hydrogens (tertiary/aromatic N) is 1. The van der Waals surface area contributed by atoms with Crippen molar-refractivity contribution in [3.05, 3.63) is 60.2 Å². The van der Waals surface area contributed by atoms with Gasteiger partial charge < -0.3 is 15.2 Å². The second kappa shape index (κ2) is 9.05. The summed E-state index contributed by atoms with van der Waals surface area (Å²) in [6, 6.07) is 17.2. The number of benzene rings is 2. The van der Waals surface area contributed by atoms with Crippen LogP contribution in [0.1, 0.15) is 12.5 Å². The molecule has 5 nitrogen and oxygen atoms in total. The number of rotatable bonds is 8. The van der Waals surface area contributed by atoms with E-state index >= 15 is 0 Å². The fourth-order valence-corrected chi connectivity index (χ4v) is 2.10. The maximum absolute atomic E-state index is 12.0. The molecule has 0 aliphatic heterocycles. The molecule has 0 spiro atoms. The van der Waals surface area contributed by atoms with Gasteiger partial charge in [-0.25, -0.2) is 0 Å². The molecule has 0 aliphatic carbocycles. The Kier molecular flexibility index (Phi) is 6.78. The van der Waals surface area contributed by atoms with Gasteiger partial charge in [0.15, 0.2) is 0 Å². The monoisotopic (exact) mass is 328 g/mol. The molecule has 2 aromatic rings. The summed E-state index contributed by atoms with van der Waals surface area (Å²) in [5.41, 5.74) is 1.83. The van der Waals surface area contributed by atoms with Crippen molar-refractivity contribution in [1.29, 1.82) is 0 Å². The molecule has 2 N–H and O–H groups in total. The van der Waals surface area contributed by atoms with Crippen molar-refractivity contribution in [1.82, 2.24) is 4.90 Å². The minimum atomic E-state index is -0.115. The SMILES string of the molecule is CC(CO)N(C)CC(=O)Nc1ccc(OCc2ccccc2)cc1. The van der Waals surface area contributed by atoms with E-state index in [9.17, 15) is 4.79 Å². The maximum atomic E-state index is 12.0. The summed E-state index contributed by atoms with van der Waals surface area (Å²) in [7, 11) is 1.81. The van der Waals surface area contributed by atoms with Crippen LogP contribution in [-0.4, -0.2) is 42.2 Å². The molecular formula is C19H24N2O3. The number of anilines is 1. The number of nitrogens with one attached hydrogen (secondary N) is 1. The smallest absolute Gasteiger partial charge is 0.238 e. The Morgan fingerprint density at radius 1 is 1.17 bits per heavy atom. The van der Waals surface area contributed by atoms with Gasteiger partial charge in [-0.3, -0.25) is 9.69 Å². The van der Waals surface area contributed by atoms with Crippen LogP contribution in [0.25, 0.3) is 0 Å². The van der Waals surface area contributed by atoms with Gasteiger partial charge >= 0.3 is 0 Å². The standard InChI is InChI=1S/C19H24N2O3/c1-15(13-22)21(2)12-19(23)20-17-8-10-18(11-9-17)24-14-16-6-4-3-5-7-16/h3-11,15,22H,12-14H2,1-2H3,(H,20,23). The lowest BCUT2D eigenvalue weighted by Crippen LogP contribution is -2.38. The molecule has 128 valence electrons. The van der Waals surface area contributed by atoms with Crippen LogP contribution in [0.4, 0.5) is 5.69 Å². The van der Waals surface area contributed by atoms with Crippen molar-refractivity contribution >= 4 is 11.6 Å². The van der Waals surface area contributed by atoms with Gasteiger partial charge in [0.25, 0.3) is 0 Å². The molecule has 1 atom stereocenters. The van der Waals surface area contributed by atoms with Crippen molar-refractivity contribution in [3.8, 4) is 5.75 Å². The Bertz CT molecular complexity index is 629. The Morgan fingerprint density at radius 3 is 2.46 bits per heavy atom. The summed E-state index contributed by atoms with van der Waals surface area (Å²) in [6.07, 6.45) is 0. The first kappa shape index (κ1) is 18.0. The molecule has 0 fully saturated rings. The van der Waals surface area contributed by atoms with E-state index in [2.05, 4.69) is 5.32 Å². The molecule has 1 unspecified atom stereocenters. The number of hydrogen-bond acceptors (Lipinski definition) is 4. The molecule has 24 heavy (non-hydrogen) atoms. The summed E-state index contributed by atoms with van der Waals surface area (Å²) in [5, 5.41) is 11.9. The Hall–Kier alpha value is -2.37. The minimum absolute atomic E-state index is 0.0250. The van der Waals surface area contributed by atoms with E-state index in [4.69, 9.17) is 9.84 Å². The van der Waals surface area contributed by atoms with E-state index in [0.29, 0.717) is 6.61 Å². The molecule has 0 bridgehead atoms. The third kappa shape index (κ3) is 5.68. The van der Waals surface area contributed by atoms with E-state index in [0.717, 1.165) is 17.0 Å². The second-order valence-corrected chi connectivity index (χ2v) is 5.79. The molecule has 0 heterocycles. The minimum Gasteiger partial charge on any atom is -0.489 e. The second-order valence-electron chi connectivity index (χ2n) is 5.79. The van der Waals surface area contributed by atoms with Crippen LogP contribution in [0.15, 0.2) is 54.6 Å². The average molecular weight is 328 g/mol. The molecule has 2 aromatic carbocycles. The van der Waals surface area contributed by atoms with Crippen LogP contribution in [0, 0.1) is 0 Å². The number of likely N-dealkylation sites (N-methyl/N-ethyl adjacent to an activating group) is 1. The Morgan fingerprint density at radius 2 is 1.83 bits per heavy atom. The van der Waals surface area contributed by atoms with Gasteiger partial charge in [-0.15, -0.1) is 0 Å². The van der Waals surface area contributed by atoms with Gasteiger partial charge in [0.1, 0.15) is 12.4 Å². The van der Waals surface area contributed by atoms with Gasteiger partial charge in [0.05, 0.1) is 13.2 Å². The third-order valence-electron chi connectivity index (χ3n) is 3.80.